The second kappa shape index (κ2) is 8.25. The highest BCUT2D eigenvalue weighted by atomic mass is 19.2. The number of rotatable bonds is 0. The molecule has 0 unspecified atom stereocenters. The van der Waals surface area contributed by atoms with Crippen molar-refractivity contribution in [2.24, 2.45) is 0 Å². The molecule has 0 saturated heterocycles. The van der Waals surface area contributed by atoms with E-state index in [1.165, 1.54) is 0 Å². The molecular formula is C25H16F4. The second-order valence-corrected chi connectivity index (χ2v) is 6.65. The summed E-state index contributed by atoms with van der Waals surface area (Å²) >= 11 is 0. The molecule has 0 radical (unpaired) electrons. The lowest BCUT2D eigenvalue weighted by atomic mass is 10.0. The minimum atomic E-state index is -1.49. The highest BCUT2D eigenvalue weighted by Crippen LogP contribution is 2.23. The molecule has 0 spiro atoms. The minimum Gasteiger partial charge on any atom is -0.203 e. The topological polar surface area (TPSA) is 0 Å². The van der Waals surface area contributed by atoms with Crippen LogP contribution < -0.4 is 0 Å². The Morgan fingerprint density at radius 2 is 1.14 bits per heavy atom. The quantitative estimate of drug-likeness (QED) is 0.251. The molecule has 144 valence electrons. The van der Waals surface area contributed by atoms with Gasteiger partial charge in [-0.25, -0.2) is 17.6 Å². The zero-order valence-electron chi connectivity index (χ0n) is 16.1. The van der Waals surface area contributed by atoms with Crippen molar-refractivity contribution in [3.8, 4) is 23.7 Å². The number of aryl methyl sites for hydroxylation is 2. The van der Waals surface area contributed by atoms with Crippen LogP contribution in [0.3, 0.4) is 0 Å². The third kappa shape index (κ3) is 4.33. The van der Waals surface area contributed by atoms with Crippen LogP contribution in [-0.4, -0.2) is 0 Å². The molecule has 0 nitrogen and oxygen atoms in total. The number of hydrogen-bond acceptors (Lipinski definition) is 0. The van der Waals surface area contributed by atoms with E-state index in [0.717, 1.165) is 29.2 Å². The maximum atomic E-state index is 13.9. The van der Waals surface area contributed by atoms with Crippen LogP contribution in [0.5, 0.6) is 0 Å². The molecule has 29 heavy (non-hydrogen) atoms. The lowest BCUT2D eigenvalue weighted by molar-refractivity contribution is 0.442. The Morgan fingerprint density at radius 1 is 0.586 bits per heavy atom. The van der Waals surface area contributed by atoms with Gasteiger partial charge in [-0.3, -0.25) is 0 Å². The van der Waals surface area contributed by atoms with E-state index in [1.807, 2.05) is 38.1 Å². The van der Waals surface area contributed by atoms with Crippen LogP contribution in [0.4, 0.5) is 17.6 Å². The van der Waals surface area contributed by atoms with Gasteiger partial charge in [0, 0.05) is 22.3 Å². The molecule has 0 fully saturated rings. The minimum absolute atomic E-state index is 0.448. The van der Waals surface area contributed by atoms with Crippen molar-refractivity contribution in [3.05, 3.63) is 105 Å². The molecule has 0 saturated carbocycles. The van der Waals surface area contributed by atoms with E-state index >= 15 is 0 Å². The Morgan fingerprint density at radius 3 is 1.72 bits per heavy atom. The summed E-state index contributed by atoms with van der Waals surface area (Å²) in [6.45, 7) is 4.79. The van der Waals surface area contributed by atoms with Gasteiger partial charge in [0.2, 0.25) is 0 Å². The Labute approximate surface area is 167 Å². The predicted octanol–water partition coefficient (Wildman–Crippen LogP) is 5.97. The summed E-state index contributed by atoms with van der Waals surface area (Å²) in [5.41, 5.74) is 2.44. The first-order chi connectivity index (χ1) is 13.8. The van der Waals surface area contributed by atoms with Crippen LogP contribution in [0.15, 0.2) is 42.5 Å². The van der Waals surface area contributed by atoms with E-state index in [2.05, 4.69) is 23.7 Å². The lowest BCUT2D eigenvalue weighted by Gasteiger charge is -2.04. The van der Waals surface area contributed by atoms with E-state index in [1.54, 1.807) is 18.2 Å². The van der Waals surface area contributed by atoms with Crippen LogP contribution in [0, 0.1) is 67.7 Å². The van der Waals surface area contributed by atoms with Gasteiger partial charge in [-0.2, -0.15) is 0 Å². The summed E-state index contributed by atoms with van der Waals surface area (Å²) in [4.78, 5) is 0. The average molecular weight is 392 g/mol. The zero-order valence-corrected chi connectivity index (χ0v) is 16.1. The first-order valence-electron chi connectivity index (χ1n) is 8.82. The van der Waals surface area contributed by atoms with Crippen molar-refractivity contribution >= 4 is 0 Å². The average Bonchev–Trinajstić information content (AvgIpc) is 2.71. The molecule has 0 aromatic heterocycles. The van der Waals surface area contributed by atoms with E-state index < -0.39 is 34.4 Å². The van der Waals surface area contributed by atoms with Crippen molar-refractivity contribution in [1.82, 2.24) is 0 Å². The summed E-state index contributed by atoms with van der Waals surface area (Å²) in [6, 6.07) is 12.9. The van der Waals surface area contributed by atoms with E-state index in [-0.39, 0.29) is 0 Å². The van der Waals surface area contributed by atoms with Crippen LogP contribution >= 0.6 is 0 Å². The normalized spacial score (nSPS) is 10.0. The molecule has 0 aliphatic carbocycles. The smallest absolute Gasteiger partial charge is 0.177 e. The Balaban J connectivity index is 1.91. The molecule has 0 bridgehead atoms. The number of benzene rings is 3. The molecule has 3 rings (SSSR count). The van der Waals surface area contributed by atoms with Gasteiger partial charge in [-0.05, 0) is 56.7 Å². The fourth-order valence-corrected chi connectivity index (χ4v) is 2.64. The van der Waals surface area contributed by atoms with Crippen molar-refractivity contribution in [2.75, 3.05) is 0 Å². The van der Waals surface area contributed by atoms with Gasteiger partial charge >= 0.3 is 0 Å². The lowest BCUT2D eigenvalue weighted by Crippen LogP contribution is -2.03. The molecule has 4 heteroatoms. The highest BCUT2D eigenvalue weighted by molar-refractivity contribution is 5.52. The largest absolute Gasteiger partial charge is 0.203 e. The molecule has 0 N–H and O–H groups in total. The van der Waals surface area contributed by atoms with Crippen molar-refractivity contribution in [3.63, 3.8) is 0 Å². The fourth-order valence-electron chi connectivity index (χ4n) is 2.64. The second-order valence-electron chi connectivity index (χ2n) is 6.65. The van der Waals surface area contributed by atoms with Crippen molar-refractivity contribution in [1.29, 1.82) is 0 Å². The standard InChI is InChI=1S/C25H16F4/c1-15-4-6-18(7-5-15)8-11-20-12-9-19(14-16(20)2)10-13-21-24(28)22(26)17(3)23(27)25(21)29/h4-7,9,12,14H,1-3H3. The molecule has 0 aliphatic heterocycles. The predicted molar refractivity (Wildman–Crippen MR) is 105 cm³/mol. The molecule has 0 aliphatic rings. The van der Waals surface area contributed by atoms with E-state index in [0.29, 0.717) is 5.56 Å². The third-order valence-electron chi connectivity index (χ3n) is 4.43. The van der Waals surface area contributed by atoms with Crippen LogP contribution in [-0.2, 0) is 0 Å². The molecule has 0 amide bonds. The van der Waals surface area contributed by atoms with Gasteiger partial charge in [0.15, 0.2) is 23.3 Å². The van der Waals surface area contributed by atoms with E-state index in [9.17, 15) is 17.6 Å². The maximum absolute atomic E-state index is 13.9. The summed E-state index contributed by atoms with van der Waals surface area (Å²) in [6.07, 6.45) is 0. The van der Waals surface area contributed by atoms with E-state index in [4.69, 9.17) is 0 Å². The molecule has 3 aromatic carbocycles. The van der Waals surface area contributed by atoms with Gasteiger partial charge in [0.05, 0.1) is 0 Å². The first kappa shape index (κ1) is 20.2. The van der Waals surface area contributed by atoms with Crippen LogP contribution in [0.2, 0.25) is 0 Å². The Kier molecular flexibility index (Phi) is 5.76. The van der Waals surface area contributed by atoms with Gasteiger partial charge in [-0.1, -0.05) is 41.4 Å². The molecule has 3 aromatic rings. The first-order valence-corrected chi connectivity index (χ1v) is 8.82. The fraction of sp³-hybridized carbons (Fsp3) is 0.120. The van der Waals surface area contributed by atoms with Gasteiger partial charge in [-0.15, -0.1) is 0 Å². The van der Waals surface area contributed by atoms with Crippen molar-refractivity contribution in [2.45, 2.75) is 20.8 Å². The summed E-state index contributed by atoms with van der Waals surface area (Å²) in [7, 11) is 0. The van der Waals surface area contributed by atoms with Crippen LogP contribution in [0.25, 0.3) is 0 Å². The third-order valence-corrected chi connectivity index (χ3v) is 4.43. The van der Waals surface area contributed by atoms with Gasteiger partial charge in [0.1, 0.15) is 5.56 Å². The Hall–Kier alpha value is -3.50. The summed E-state index contributed by atoms with van der Waals surface area (Å²) < 4.78 is 55.2. The van der Waals surface area contributed by atoms with Crippen LogP contribution in [0.1, 0.15) is 38.9 Å². The van der Waals surface area contributed by atoms with Gasteiger partial charge in [0.25, 0.3) is 0 Å². The van der Waals surface area contributed by atoms with Crippen molar-refractivity contribution < 1.29 is 17.6 Å². The molecule has 0 atom stereocenters. The Bertz CT molecular complexity index is 1190. The maximum Gasteiger partial charge on any atom is 0.177 e. The molecular weight excluding hydrogens is 376 g/mol. The SMILES string of the molecule is Cc1ccc(C#Cc2ccc(C#Cc3c(F)c(F)c(C)c(F)c3F)cc2C)cc1. The number of halogens is 4. The summed E-state index contributed by atoms with van der Waals surface area (Å²) in [5.74, 6) is 5.03. The highest BCUT2D eigenvalue weighted by Gasteiger charge is 2.21. The number of hydrogen-bond donors (Lipinski definition) is 0. The molecule has 0 heterocycles. The monoisotopic (exact) mass is 392 g/mol. The zero-order chi connectivity index (χ0) is 21.1. The summed E-state index contributed by atoms with van der Waals surface area (Å²) in [5, 5.41) is 0. The van der Waals surface area contributed by atoms with Gasteiger partial charge < -0.3 is 0 Å².